The van der Waals surface area contributed by atoms with Crippen molar-refractivity contribution in [1.29, 1.82) is 0 Å². The number of hydrogen-bond acceptors (Lipinski definition) is 1. The van der Waals surface area contributed by atoms with Gasteiger partial charge in [-0.05, 0) is 36.0 Å². The summed E-state index contributed by atoms with van der Waals surface area (Å²) < 4.78 is 0. The lowest BCUT2D eigenvalue weighted by atomic mass is 9.86. The number of unbranched alkanes of at least 4 members (excludes halogenated alkanes) is 1. The topological polar surface area (TPSA) is 3.24 Å². The molecule has 0 bridgehead atoms. The van der Waals surface area contributed by atoms with E-state index in [2.05, 4.69) is 66.4 Å². The third-order valence-corrected chi connectivity index (χ3v) is 4.59. The predicted molar refractivity (Wildman–Crippen MR) is 90.8 cm³/mol. The molecule has 0 spiro atoms. The Hall–Kier alpha value is -1.76. The highest BCUT2D eigenvalue weighted by atomic mass is 15.1. The van der Waals surface area contributed by atoms with Crippen molar-refractivity contribution < 1.29 is 0 Å². The van der Waals surface area contributed by atoms with Crippen LogP contribution in [-0.2, 0) is 6.54 Å². The van der Waals surface area contributed by atoms with Crippen LogP contribution in [0.15, 0.2) is 54.6 Å². The van der Waals surface area contributed by atoms with Gasteiger partial charge in [-0.15, -0.1) is 0 Å². The van der Waals surface area contributed by atoms with Crippen molar-refractivity contribution >= 4 is 5.69 Å². The molecule has 0 saturated heterocycles. The first kappa shape index (κ1) is 14.2. The summed E-state index contributed by atoms with van der Waals surface area (Å²) in [5.41, 5.74) is 4.42. The molecule has 0 aliphatic carbocycles. The summed E-state index contributed by atoms with van der Waals surface area (Å²) in [5, 5.41) is 0. The summed E-state index contributed by atoms with van der Waals surface area (Å²) in [6, 6.07) is 19.8. The Balaban J connectivity index is 1.81. The first-order valence-corrected chi connectivity index (χ1v) is 8.26. The minimum Gasteiger partial charge on any atom is -0.367 e. The van der Waals surface area contributed by atoms with E-state index in [0.29, 0.717) is 0 Å². The van der Waals surface area contributed by atoms with E-state index in [1.165, 1.54) is 43.5 Å². The fraction of sp³-hybridized carbons (Fsp3) is 0.400. The smallest absolute Gasteiger partial charge is 0.0429 e. The summed E-state index contributed by atoms with van der Waals surface area (Å²) in [7, 11) is 0. The van der Waals surface area contributed by atoms with Crippen LogP contribution in [0.2, 0.25) is 0 Å². The van der Waals surface area contributed by atoms with Crippen LogP contribution >= 0.6 is 0 Å². The van der Waals surface area contributed by atoms with Gasteiger partial charge in [-0.25, -0.2) is 0 Å². The van der Waals surface area contributed by atoms with E-state index in [9.17, 15) is 0 Å². The normalized spacial score (nSPS) is 17.6. The lowest BCUT2D eigenvalue weighted by Crippen LogP contribution is -2.30. The van der Waals surface area contributed by atoms with Crippen molar-refractivity contribution in [2.24, 2.45) is 0 Å². The second-order valence-corrected chi connectivity index (χ2v) is 6.09. The van der Waals surface area contributed by atoms with Crippen molar-refractivity contribution in [2.45, 2.75) is 45.1 Å². The fourth-order valence-electron chi connectivity index (χ4n) is 3.43. The monoisotopic (exact) mass is 279 g/mol. The molecule has 1 heteroatoms. The zero-order valence-corrected chi connectivity index (χ0v) is 13.0. The standard InChI is InChI=1S/C20H25N/c1-2-3-11-18-14-15-21(16-17-9-5-4-6-10-17)20-13-8-7-12-19(18)20/h4-10,12-13,18H,2-3,11,14-16H2,1H3/t18-/m1/s1. The number of hydrogen-bond donors (Lipinski definition) is 0. The lowest BCUT2D eigenvalue weighted by molar-refractivity contribution is 0.519. The highest BCUT2D eigenvalue weighted by Crippen LogP contribution is 2.38. The van der Waals surface area contributed by atoms with Crippen LogP contribution in [0.4, 0.5) is 5.69 Å². The molecule has 2 aromatic carbocycles. The number of para-hydroxylation sites is 1. The first-order chi connectivity index (χ1) is 10.4. The molecule has 0 fully saturated rings. The molecule has 0 radical (unpaired) electrons. The minimum absolute atomic E-state index is 0.758. The van der Waals surface area contributed by atoms with E-state index in [1.807, 2.05) is 0 Å². The van der Waals surface area contributed by atoms with Crippen LogP contribution in [0.25, 0.3) is 0 Å². The molecule has 1 aliphatic rings. The molecular weight excluding hydrogens is 254 g/mol. The summed E-state index contributed by atoms with van der Waals surface area (Å²) in [4.78, 5) is 2.55. The molecule has 2 aromatic rings. The molecule has 0 N–H and O–H groups in total. The zero-order valence-electron chi connectivity index (χ0n) is 13.0. The Morgan fingerprint density at radius 3 is 2.57 bits per heavy atom. The Kier molecular flexibility index (Phi) is 4.59. The van der Waals surface area contributed by atoms with Gasteiger partial charge in [-0.3, -0.25) is 0 Å². The third kappa shape index (κ3) is 3.29. The maximum atomic E-state index is 2.55. The van der Waals surface area contributed by atoms with Gasteiger partial charge < -0.3 is 4.90 Å². The number of benzene rings is 2. The Bertz CT molecular complexity index is 561. The average molecular weight is 279 g/mol. The number of rotatable bonds is 5. The molecule has 1 aliphatic heterocycles. The van der Waals surface area contributed by atoms with Crippen LogP contribution in [0.3, 0.4) is 0 Å². The average Bonchev–Trinajstić information content (AvgIpc) is 2.55. The van der Waals surface area contributed by atoms with Crippen molar-refractivity contribution in [3.8, 4) is 0 Å². The lowest BCUT2D eigenvalue weighted by Gasteiger charge is -2.36. The quantitative estimate of drug-likeness (QED) is 0.711. The first-order valence-electron chi connectivity index (χ1n) is 8.26. The minimum atomic E-state index is 0.758. The van der Waals surface area contributed by atoms with Crippen molar-refractivity contribution in [1.82, 2.24) is 0 Å². The van der Waals surface area contributed by atoms with E-state index in [1.54, 1.807) is 5.56 Å². The zero-order chi connectivity index (χ0) is 14.5. The van der Waals surface area contributed by atoms with Gasteiger partial charge in [0.25, 0.3) is 0 Å². The number of anilines is 1. The van der Waals surface area contributed by atoms with Gasteiger partial charge in [0.2, 0.25) is 0 Å². The molecule has 3 rings (SSSR count). The van der Waals surface area contributed by atoms with Gasteiger partial charge in [0.15, 0.2) is 0 Å². The van der Waals surface area contributed by atoms with E-state index < -0.39 is 0 Å². The summed E-state index contributed by atoms with van der Waals surface area (Å²) in [6.07, 6.45) is 5.28. The second-order valence-electron chi connectivity index (χ2n) is 6.09. The van der Waals surface area contributed by atoms with Crippen LogP contribution in [-0.4, -0.2) is 6.54 Å². The summed E-state index contributed by atoms with van der Waals surface area (Å²) in [6.45, 7) is 4.50. The molecule has 0 amide bonds. The van der Waals surface area contributed by atoms with Gasteiger partial charge in [-0.1, -0.05) is 68.3 Å². The van der Waals surface area contributed by atoms with E-state index >= 15 is 0 Å². The molecule has 0 unspecified atom stereocenters. The van der Waals surface area contributed by atoms with Crippen molar-refractivity contribution in [3.05, 3.63) is 65.7 Å². The maximum Gasteiger partial charge on any atom is 0.0429 e. The molecule has 21 heavy (non-hydrogen) atoms. The molecular formula is C20H25N. The Morgan fingerprint density at radius 2 is 1.76 bits per heavy atom. The van der Waals surface area contributed by atoms with Crippen molar-refractivity contribution in [2.75, 3.05) is 11.4 Å². The molecule has 1 heterocycles. The molecule has 0 saturated carbocycles. The number of nitrogens with zero attached hydrogens (tertiary/aromatic N) is 1. The highest BCUT2D eigenvalue weighted by molar-refractivity contribution is 5.57. The molecule has 0 aromatic heterocycles. The van der Waals surface area contributed by atoms with E-state index in [4.69, 9.17) is 0 Å². The fourth-order valence-corrected chi connectivity index (χ4v) is 3.43. The molecule has 110 valence electrons. The third-order valence-electron chi connectivity index (χ3n) is 4.59. The molecule has 1 atom stereocenters. The van der Waals surface area contributed by atoms with E-state index in [0.717, 1.165) is 12.5 Å². The Morgan fingerprint density at radius 1 is 1.00 bits per heavy atom. The second kappa shape index (κ2) is 6.80. The highest BCUT2D eigenvalue weighted by Gasteiger charge is 2.24. The largest absolute Gasteiger partial charge is 0.367 e. The van der Waals surface area contributed by atoms with Crippen LogP contribution in [0, 0.1) is 0 Å². The van der Waals surface area contributed by atoms with Gasteiger partial charge in [0.05, 0.1) is 0 Å². The summed E-state index contributed by atoms with van der Waals surface area (Å²) in [5.74, 6) is 0.758. The molecule has 1 nitrogen and oxygen atoms in total. The van der Waals surface area contributed by atoms with Crippen molar-refractivity contribution in [3.63, 3.8) is 0 Å². The van der Waals surface area contributed by atoms with Gasteiger partial charge in [0.1, 0.15) is 0 Å². The Labute approximate surface area is 128 Å². The number of fused-ring (bicyclic) bond motifs is 1. The van der Waals surface area contributed by atoms with Gasteiger partial charge >= 0.3 is 0 Å². The summed E-state index contributed by atoms with van der Waals surface area (Å²) >= 11 is 0. The van der Waals surface area contributed by atoms with E-state index in [-0.39, 0.29) is 0 Å². The van der Waals surface area contributed by atoms with Gasteiger partial charge in [-0.2, -0.15) is 0 Å². The maximum absolute atomic E-state index is 2.55. The predicted octanol–water partition coefficient (Wildman–Crippen LogP) is 5.37. The van der Waals surface area contributed by atoms with Gasteiger partial charge in [0, 0.05) is 18.8 Å². The van der Waals surface area contributed by atoms with Crippen LogP contribution in [0.1, 0.15) is 49.7 Å². The van der Waals surface area contributed by atoms with Crippen LogP contribution in [0.5, 0.6) is 0 Å². The van der Waals surface area contributed by atoms with Crippen LogP contribution < -0.4 is 4.90 Å². The SMILES string of the molecule is CCCC[C@@H]1CCN(Cc2ccccc2)c2ccccc21.